The molecule has 11 aromatic rings. The Balaban J connectivity index is 1.10. The van der Waals surface area contributed by atoms with E-state index >= 15 is 0 Å². The highest BCUT2D eigenvalue weighted by Crippen LogP contribution is 2.47. The van der Waals surface area contributed by atoms with Crippen LogP contribution in [0.4, 0.5) is 0 Å². The van der Waals surface area contributed by atoms with Crippen LogP contribution < -0.4 is 0 Å². The Morgan fingerprint density at radius 3 is 1.86 bits per heavy atom. The average Bonchev–Trinajstić information content (AvgIpc) is 3.56. The molecular weight excluding hydrogens is 593 g/mol. The van der Waals surface area contributed by atoms with E-state index in [-0.39, 0.29) is 0 Å². The number of fused-ring (bicyclic) bond motifs is 7. The van der Waals surface area contributed by atoms with Crippen LogP contribution in [0.3, 0.4) is 0 Å². The SMILES string of the molecule is c1ccc2cc(-c3cc4cccc5c6c7ccc(-c8ccc(-c9cccc%10ccccc9%10)cc8)cc7oc6c6cccc3c6c45)ccc2c1. The third-order valence-corrected chi connectivity index (χ3v) is 10.6. The van der Waals surface area contributed by atoms with Gasteiger partial charge in [-0.2, -0.15) is 0 Å². The monoisotopic (exact) mass is 620 g/mol. The van der Waals surface area contributed by atoms with Crippen molar-refractivity contribution in [3.63, 3.8) is 0 Å². The van der Waals surface area contributed by atoms with E-state index in [1.54, 1.807) is 0 Å². The number of benzene rings is 10. The van der Waals surface area contributed by atoms with Crippen LogP contribution in [0.2, 0.25) is 0 Å². The summed E-state index contributed by atoms with van der Waals surface area (Å²) in [7, 11) is 0. The minimum atomic E-state index is 0.914. The lowest BCUT2D eigenvalue weighted by atomic mass is 9.87. The summed E-state index contributed by atoms with van der Waals surface area (Å²) in [5.41, 5.74) is 9.15. The van der Waals surface area contributed by atoms with Crippen LogP contribution in [0.25, 0.3) is 109 Å². The fourth-order valence-electron chi connectivity index (χ4n) is 8.29. The summed E-state index contributed by atoms with van der Waals surface area (Å²) in [5, 5.41) is 14.9. The molecule has 0 atom stereocenters. The molecule has 10 aromatic carbocycles. The molecule has 0 spiro atoms. The maximum atomic E-state index is 6.88. The Morgan fingerprint density at radius 1 is 0.286 bits per heavy atom. The van der Waals surface area contributed by atoms with Gasteiger partial charge in [0.2, 0.25) is 0 Å². The first kappa shape index (κ1) is 26.6. The summed E-state index contributed by atoms with van der Waals surface area (Å²) >= 11 is 0. The van der Waals surface area contributed by atoms with E-state index in [0.29, 0.717) is 0 Å². The van der Waals surface area contributed by atoms with Crippen molar-refractivity contribution in [1.82, 2.24) is 0 Å². The first-order chi connectivity index (χ1) is 24.3. The molecular formula is C48H28O. The maximum absolute atomic E-state index is 6.88. The van der Waals surface area contributed by atoms with Gasteiger partial charge in [-0.25, -0.2) is 0 Å². The molecule has 1 aromatic heterocycles. The highest BCUT2D eigenvalue weighted by Gasteiger charge is 2.21. The lowest BCUT2D eigenvalue weighted by Gasteiger charge is -2.16. The average molecular weight is 621 g/mol. The Labute approximate surface area is 282 Å². The zero-order chi connectivity index (χ0) is 32.1. The third-order valence-electron chi connectivity index (χ3n) is 10.6. The van der Waals surface area contributed by atoms with Gasteiger partial charge in [0, 0.05) is 21.5 Å². The standard InChI is InChI=1S/C48H28O/c1-2-10-33-26-35(23-20-29(33)8-1)43-27-36-12-6-16-41-45(36)46-39(43)15-7-17-42(46)48-47(41)40-25-24-34(28-44(40)49-48)30-18-21-32(22-19-30)38-14-5-11-31-9-3-4-13-37(31)38/h1-28H. The quantitative estimate of drug-likeness (QED) is 0.179. The fraction of sp³-hybridized carbons (Fsp3) is 0. The van der Waals surface area contributed by atoms with Crippen LogP contribution in [-0.4, -0.2) is 0 Å². The number of hydrogen-bond donors (Lipinski definition) is 0. The summed E-state index contributed by atoms with van der Waals surface area (Å²) < 4.78 is 6.88. The fourth-order valence-corrected chi connectivity index (χ4v) is 8.29. The molecule has 0 amide bonds. The summed E-state index contributed by atoms with van der Waals surface area (Å²) in [6, 6.07) is 61.9. The topological polar surface area (TPSA) is 13.1 Å². The molecule has 0 aliphatic heterocycles. The Bertz CT molecular complexity index is 3080. The molecule has 0 radical (unpaired) electrons. The summed E-state index contributed by atoms with van der Waals surface area (Å²) in [6.45, 7) is 0. The molecule has 0 saturated carbocycles. The third kappa shape index (κ3) is 3.87. The Hall–Kier alpha value is -6.44. The van der Waals surface area contributed by atoms with Gasteiger partial charge in [0.05, 0.1) is 0 Å². The molecule has 0 aliphatic carbocycles. The molecule has 0 bridgehead atoms. The van der Waals surface area contributed by atoms with Crippen LogP contribution in [0, 0.1) is 0 Å². The highest BCUT2D eigenvalue weighted by molar-refractivity contribution is 6.38. The van der Waals surface area contributed by atoms with Crippen molar-refractivity contribution in [3.05, 3.63) is 170 Å². The smallest absolute Gasteiger partial charge is 0.143 e. The van der Waals surface area contributed by atoms with Gasteiger partial charge in [-0.05, 0) is 101 Å². The van der Waals surface area contributed by atoms with Crippen LogP contribution >= 0.6 is 0 Å². The van der Waals surface area contributed by atoms with Gasteiger partial charge in [0.1, 0.15) is 11.2 Å². The van der Waals surface area contributed by atoms with Crippen LogP contribution in [0.1, 0.15) is 0 Å². The zero-order valence-corrected chi connectivity index (χ0v) is 26.6. The van der Waals surface area contributed by atoms with E-state index in [2.05, 4.69) is 170 Å². The van der Waals surface area contributed by atoms with Crippen molar-refractivity contribution in [1.29, 1.82) is 0 Å². The lowest BCUT2D eigenvalue weighted by Crippen LogP contribution is -1.89. The number of rotatable bonds is 3. The normalized spacial score (nSPS) is 12.1. The van der Waals surface area contributed by atoms with Crippen molar-refractivity contribution < 1.29 is 4.42 Å². The van der Waals surface area contributed by atoms with Crippen molar-refractivity contribution in [2.45, 2.75) is 0 Å². The predicted molar refractivity (Wildman–Crippen MR) is 209 cm³/mol. The molecule has 1 heterocycles. The molecule has 0 fully saturated rings. The molecule has 1 nitrogen and oxygen atoms in total. The van der Waals surface area contributed by atoms with Gasteiger partial charge >= 0.3 is 0 Å². The van der Waals surface area contributed by atoms with Gasteiger partial charge in [-0.3, -0.25) is 0 Å². The van der Waals surface area contributed by atoms with Gasteiger partial charge in [0.25, 0.3) is 0 Å². The van der Waals surface area contributed by atoms with Crippen molar-refractivity contribution in [2.24, 2.45) is 0 Å². The molecule has 1 heteroatoms. The molecule has 49 heavy (non-hydrogen) atoms. The highest BCUT2D eigenvalue weighted by atomic mass is 16.3. The minimum Gasteiger partial charge on any atom is -0.455 e. The Kier molecular flexibility index (Phi) is 5.45. The zero-order valence-electron chi connectivity index (χ0n) is 26.6. The van der Waals surface area contributed by atoms with E-state index < -0.39 is 0 Å². The number of hydrogen-bond acceptors (Lipinski definition) is 1. The van der Waals surface area contributed by atoms with E-state index in [4.69, 9.17) is 4.42 Å². The second-order valence-electron chi connectivity index (χ2n) is 13.2. The van der Waals surface area contributed by atoms with Crippen molar-refractivity contribution >= 4 is 75.8 Å². The van der Waals surface area contributed by atoms with Crippen LogP contribution in [-0.2, 0) is 0 Å². The minimum absolute atomic E-state index is 0.914. The van der Waals surface area contributed by atoms with E-state index in [1.807, 2.05) is 0 Å². The summed E-state index contributed by atoms with van der Waals surface area (Å²) in [4.78, 5) is 0. The van der Waals surface area contributed by atoms with Gasteiger partial charge in [-0.15, -0.1) is 0 Å². The van der Waals surface area contributed by atoms with E-state index in [0.717, 1.165) is 27.5 Å². The van der Waals surface area contributed by atoms with Crippen molar-refractivity contribution in [2.75, 3.05) is 0 Å². The van der Waals surface area contributed by atoms with Crippen LogP contribution in [0.15, 0.2) is 174 Å². The van der Waals surface area contributed by atoms with E-state index in [1.165, 1.54) is 81.7 Å². The van der Waals surface area contributed by atoms with E-state index in [9.17, 15) is 0 Å². The van der Waals surface area contributed by atoms with Crippen molar-refractivity contribution in [3.8, 4) is 33.4 Å². The molecule has 0 saturated heterocycles. The summed E-state index contributed by atoms with van der Waals surface area (Å²) in [6.07, 6.45) is 0. The lowest BCUT2D eigenvalue weighted by molar-refractivity contribution is 0.673. The largest absolute Gasteiger partial charge is 0.455 e. The molecule has 11 rings (SSSR count). The molecule has 226 valence electrons. The second-order valence-corrected chi connectivity index (χ2v) is 13.2. The first-order valence-electron chi connectivity index (χ1n) is 16.9. The number of furan rings is 1. The van der Waals surface area contributed by atoms with Crippen LogP contribution in [0.5, 0.6) is 0 Å². The molecule has 0 unspecified atom stereocenters. The predicted octanol–water partition coefficient (Wildman–Crippen LogP) is 13.8. The Morgan fingerprint density at radius 2 is 0.939 bits per heavy atom. The summed E-state index contributed by atoms with van der Waals surface area (Å²) in [5.74, 6) is 0. The van der Waals surface area contributed by atoms with Gasteiger partial charge < -0.3 is 4.42 Å². The molecule has 0 N–H and O–H groups in total. The second kappa shape index (κ2) is 10.0. The van der Waals surface area contributed by atoms with Gasteiger partial charge in [-0.1, -0.05) is 146 Å². The first-order valence-corrected chi connectivity index (χ1v) is 16.9. The maximum Gasteiger partial charge on any atom is 0.143 e. The molecule has 0 aliphatic rings. The van der Waals surface area contributed by atoms with Gasteiger partial charge in [0.15, 0.2) is 0 Å².